The molecule has 0 unspecified atom stereocenters. The maximum Gasteiger partial charge on any atom is 0.305 e. The molecule has 1 heterocycles. The van der Waals surface area contributed by atoms with Crippen molar-refractivity contribution in [3.8, 4) is 5.69 Å². The fourth-order valence-electron chi connectivity index (χ4n) is 1.54. The molecule has 6 nitrogen and oxygen atoms in total. The third-order valence-corrected chi connectivity index (χ3v) is 2.47. The third-order valence-electron chi connectivity index (χ3n) is 2.47. The Morgan fingerprint density at radius 3 is 2.63 bits per heavy atom. The van der Waals surface area contributed by atoms with E-state index in [1.165, 1.54) is 0 Å². The highest BCUT2D eigenvalue weighted by Gasteiger charge is 2.10. The lowest BCUT2D eigenvalue weighted by molar-refractivity contribution is -0.136. The number of carboxylic acid groups (broad SMARTS) is 1. The zero-order chi connectivity index (χ0) is 13.7. The number of hydrogen-bond donors (Lipinski definition) is 2. The number of nitrogens with one attached hydrogen (secondary N) is 1. The standard InChI is InChI=1S/C13H13N3O3/c17-12(18)6-8-14-13(19)11-7-9-16(15-11)10-4-2-1-3-5-10/h1-5,7,9H,6,8H2,(H,14,19)(H,17,18). The van der Waals surface area contributed by atoms with Gasteiger partial charge in [0.15, 0.2) is 5.69 Å². The van der Waals surface area contributed by atoms with Crippen molar-refractivity contribution in [3.05, 3.63) is 48.3 Å². The number of para-hydroxylation sites is 1. The molecule has 0 aliphatic heterocycles. The third kappa shape index (κ3) is 3.41. The monoisotopic (exact) mass is 259 g/mol. The number of aromatic nitrogens is 2. The van der Waals surface area contributed by atoms with Crippen molar-refractivity contribution in [1.29, 1.82) is 0 Å². The number of carbonyl (C=O) groups is 2. The van der Waals surface area contributed by atoms with Crippen molar-refractivity contribution in [2.45, 2.75) is 6.42 Å². The van der Waals surface area contributed by atoms with E-state index in [-0.39, 0.29) is 24.6 Å². The predicted molar refractivity (Wildman–Crippen MR) is 68.2 cm³/mol. The van der Waals surface area contributed by atoms with Gasteiger partial charge in [0.2, 0.25) is 0 Å². The first kappa shape index (κ1) is 12.8. The van der Waals surface area contributed by atoms with Gasteiger partial charge in [0.1, 0.15) is 0 Å². The van der Waals surface area contributed by atoms with E-state index >= 15 is 0 Å². The Bertz CT molecular complexity index is 578. The Kier molecular flexibility index (Phi) is 3.92. The molecule has 0 saturated carbocycles. The molecule has 2 aromatic rings. The molecule has 19 heavy (non-hydrogen) atoms. The zero-order valence-corrected chi connectivity index (χ0v) is 10.1. The second kappa shape index (κ2) is 5.81. The van der Waals surface area contributed by atoms with Gasteiger partial charge in [-0.1, -0.05) is 18.2 Å². The number of aliphatic carboxylic acids is 1. The zero-order valence-electron chi connectivity index (χ0n) is 10.1. The highest BCUT2D eigenvalue weighted by atomic mass is 16.4. The van der Waals surface area contributed by atoms with E-state index in [0.29, 0.717) is 0 Å². The number of benzene rings is 1. The summed E-state index contributed by atoms with van der Waals surface area (Å²) in [4.78, 5) is 22.0. The molecule has 0 spiro atoms. The molecule has 1 amide bonds. The molecule has 0 aliphatic rings. The molecule has 1 aromatic carbocycles. The number of amides is 1. The Morgan fingerprint density at radius 1 is 1.21 bits per heavy atom. The predicted octanol–water partition coefficient (Wildman–Crippen LogP) is 1.08. The smallest absolute Gasteiger partial charge is 0.305 e. The van der Waals surface area contributed by atoms with E-state index in [4.69, 9.17) is 5.11 Å². The molecular weight excluding hydrogens is 246 g/mol. The number of carbonyl (C=O) groups excluding carboxylic acids is 1. The van der Waals surface area contributed by atoms with E-state index < -0.39 is 5.97 Å². The Balaban J connectivity index is 2.01. The molecule has 2 rings (SSSR count). The van der Waals surface area contributed by atoms with Crippen LogP contribution in [0.2, 0.25) is 0 Å². The van der Waals surface area contributed by atoms with Crippen molar-refractivity contribution >= 4 is 11.9 Å². The first-order valence-corrected chi connectivity index (χ1v) is 5.78. The van der Waals surface area contributed by atoms with Crippen molar-refractivity contribution < 1.29 is 14.7 Å². The molecule has 98 valence electrons. The SMILES string of the molecule is O=C(O)CCNC(=O)c1ccn(-c2ccccc2)n1. The van der Waals surface area contributed by atoms with Crippen molar-refractivity contribution in [3.63, 3.8) is 0 Å². The Morgan fingerprint density at radius 2 is 1.95 bits per heavy atom. The average molecular weight is 259 g/mol. The highest BCUT2D eigenvalue weighted by molar-refractivity contribution is 5.92. The van der Waals surface area contributed by atoms with Crippen molar-refractivity contribution in [2.24, 2.45) is 0 Å². The Labute approximate surface area is 109 Å². The summed E-state index contributed by atoms with van der Waals surface area (Å²) in [5.41, 5.74) is 1.11. The lowest BCUT2D eigenvalue weighted by Gasteiger charge is -2.01. The van der Waals surface area contributed by atoms with E-state index in [9.17, 15) is 9.59 Å². The molecule has 0 bridgehead atoms. The van der Waals surface area contributed by atoms with Crippen LogP contribution in [-0.2, 0) is 4.79 Å². The minimum Gasteiger partial charge on any atom is -0.481 e. The summed E-state index contributed by atoms with van der Waals surface area (Å²) >= 11 is 0. The van der Waals surface area contributed by atoms with Crippen LogP contribution in [0.25, 0.3) is 5.69 Å². The molecule has 0 fully saturated rings. The van der Waals surface area contributed by atoms with Gasteiger partial charge in [0, 0.05) is 12.7 Å². The summed E-state index contributed by atoms with van der Waals surface area (Å²) < 4.78 is 1.59. The highest BCUT2D eigenvalue weighted by Crippen LogP contribution is 2.06. The van der Waals surface area contributed by atoms with Gasteiger partial charge in [0.25, 0.3) is 5.91 Å². The van der Waals surface area contributed by atoms with Gasteiger partial charge < -0.3 is 10.4 Å². The van der Waals surface area contributed by atoms with E-state index in [2.05, 4.69) is 10.4 Å². The van der Waals surface area contributed by atoms with Gasteiger partial charge in [-0.2, -0.15) is 5.10 Å². The van der Waals surface area contributed by atoms with Crippen LogP contribution in [0.15, 0.2) is 42.6 Å². The molecule has 6 heteroatoms. The largest absolute Gasteiger partial charge is 0.481 e. The van der Waals surface area contributed by atoms with Crippen LogP contribution in [0.4, 0.5) is 0 Å². The lowest BCUT2D eigenvalue weighted by Crippen LogP contribution is -2.26. The van der Waals surface area contributed by atoms with Crippen LogP contribution in [0.1, 0.15) is 16.9 Å². The van der Waals surface area contributed by atoms with Gasteiger partial charge in [-0.05, 0) is 18.2 Å². The topological polar surface area (TPSA) is 84.2 Å². The lowest BCUT2D eigenvalue weighted by atomic mass is 10.3. The van der Waals surface area contributed by atoms with Gasteiger partial charge in [0.05, 0.1) is 12.1 Å². The summed E-state index contributed by atoms with van der Waals surface area (Å²) in [6, 6.07) is 11.0. The van der Waals surface area contributed by atoms with Crippen LogP contribution in [0.3, 0.4) is 0 Å². The summed E-state index contributed by atoms with van der Waals surface area (Å²) in [5, 5.41) is 15.1. The summed E-state index contributed by atoms with van der Waals surface area (Å²) in [7, 11) is 0. The number of nitrogens with zero attached hydrogens (tertiary/aromatic N) is 2. The Hall–Kier alpha value is -2.63. The quantitative estimate of drug-likeness (QED) is 0.841. The van der Waals surface area contributed by atoms with Crippen LogP contribution in [0.5, 0.6) is 0 Å². The summed E-state index contributed by atoms with van der Waals surface area (Å²) in [6.07, 6.45) is 1.58. The van der Waals surface area contributed by atoms with E-state index in [0.717, 1.165) is 5.69 Å². The van der Waals surface area contributed by atoms with Crippen LogP contribution in [-0.4, -0.2) is 33.3 Å². The molecule has 2 N–H and O–H groups in total. The molecular formula is C13H13N3O3. The maximum atomic E-state index is 11.7. The number of hydrogen-bond acceptors (Lipinski definition) is 3. The first-order chi connectivity index (χ1) is 9.16. The minimum absolute atomic E-state index is 0.0896. The second-order valence-corrected chi connectivity index (χ2v) is 3.88. The fourth-order valence-corrected chi connectivity index (χ4v) is 1.54. The summed E-state index contributed by atoms with van der Waals surface area (Å²) in [5.74, 6) is -1.33. The molecule has 0 radical (unpaired) electrons. The van der Waals surface area contributed by atoms with Gasteiger partial charge >= 0.3 is 5.97 Å². The van der Waals surface area contributed by atoms with Crippen molar-refractivity contribution in [1.82, 2.24) is 15.1 Å². The van der Waals surface area contributed by atoms with E-state index in [1.807, 2.05) is 30.3 Å². The van der Waals surface area contributed by atoms with Crippen LogP contribution < -0.4 is 5.32 Å². The number of rotatable bonds is 5. The molecule has 0 aliphatic carbocycles. The molecule has 1 aromatic heterocycles. The van der Waals surface area contributed by atoms with Crippen LogP contribution >= 0.6 is 0 Å². The van der Waals surface area contributed by atoms with Gasteiger partial charge in [-0.3, -0.25) is 9.59 Å². The molecule has 0 atom stereocenters. The van der Waals surface area contributed by atoms with Crippen LogP contribution in [0, 0.1) is 0 Å². The fraction of sp³-hybridized carbons (Fsp3) is 0.154. The van der Waals surface area contributed by atoms with Crippen molar-refractivity contribution in [2.75, 3.05) is 6.54 Å². The normalized spacial score (nSPS) is 10.1. The summed E-state index contributed by atoms with van der Waals surface area (Å²) in [6.45, 7) is 0.0896. The average Bonchev–Trinajstić information content (AvgIpc) is 2.89. The maximum absolute atomic E-state index is 11.7. The van der Waals surface area contributed by atoms with Gasteiger partial charge in [-0.15, -0.1) is 0 Å². The molecule has 0 saturated heterocycles. The number of carboxylic acids is 1. The van der Waals surface area contributed by atoms with Gasteiger partial charge in [-0.25, -0.2) is 4.68 Å². The first-order valence-electron chi connectivity index (χ1n) is 5.78. The second-order valence-electron chi connectivity index (χ2n) is 3.88. The minimum atomic E-state index is -0.949. The van der Waals surface area contributed by atoms with E-state index in [1.54, 1.807) is 16.9 Å².